The van der Waals surface area contributed by atoms with Gasteiger partial charge in [0.15, 0.2) is 0 Å². The van der Waals surface area contributed by atoms with Crippen molar-refractivity contribution in [3.05, 3.63) is 35.4 Å². The Bertz CT molecular complexity index is 382. The van der Waals surface area contributed by atoms with Gasteiger partial charge in [-0.2, -0.15) is 0 Å². The van der Waals surface area contributed by atoms with Gasteiger partial charge < -0.3 is 10.0 Å². The van der Waals surface area contributed by atoms with Crippen LogP contribution >= 0.6 is 0 Å². The zero-order valence-electron chi connectivity index (χ0n) is 12.2. The maximum Gasteiger partial charge on any atom is 0.254 e. The third-order valence-electron chi connectivity index (χ3n) is 3.59. The van der Waals surface area contributed by atoms with Gasteiger partial charge in [-0.05, 0) is 37.0 Å². The van der Waals surface area contributed by atoms with Gasteiger partial charge in [0.05, 0.1) is 6.61 Å². The maximum absolute atomic E-state index is 12.5. The molecule has 106 valence electrons. The second-order valence-corrected chi connectivity index (χ2v) is 4.74. The van der Waals surface area contributed by atoms with Crippen LogP contribution in [0.5, 0.6) is 0 Å². The van der Waals surface area contributed by atoms with E-state index in [0.29, 0.717) is 12.1 Å². The van der Waals surface area contributed by atoms with Crippen molar-refractivity contribution in [2.24, 2.45) is 0 Å². The Morgan fingerprint density at radius 1 is 1.16 bits per heavy atom. The smallest absolute Gasteiger partial charge is 0.254 e. The molecule has 0 aliphatic carbocycles. The molecule has 0 aromatic heterocycles. The Hall–Kier alpha value is -1.35. The van der Waals surface area contributed by atoms with Gasteiger partial charge in [-0.3, -0.25) is 4.79 Å². The number of benzene rings is 1. The summed E-state index contributed by atoms with van der Waals surface area (Å²) in [7, 11) is 0. The van der Waals surface area contributed by atoms with Gasteiger partial charge in [0.25, 0.3) is 5.91 Å². The summed E-state index contributed by atoms with van der Waals surface area (Å²) in [6, 6.07) is 7.96. The topological polar surface area (TPSA) is 40.5 Å². The molecular formula is C16H25NO2. The van der Waals surface area contributed by atoms with Crippen LogP contribution in [0, 0.1) is 0 Å². The fourth-order valence-corrected chi connectivity index (χ4v) is 2.34. The molecule has 3 heteroatoms. The van der Waals surface area contributed by atoms with Crippen molar-refractivity contribution in [2.45, 2.75) is 46.1 Å². The minimum atomic E-state index is 0.00921. The molecular weight excluding hydrogens is 238 g/mol. The Kier molecular flexibility index (Phi) is 6.57. The van der Waals surface area contributed by atoms with Crippen LogP contribution < -0.4 is 0 Å². The molecule has 1 rings (SSSR count). The normalized spacial score (nSPS) is 10.8. The van der Waals surface area contributed by atoms with E-state index in [-0.39, 0.29) is 18.6 Å². The molecule has 0 fully saturated rings. The van der Waals surface area contributed by atoms with Crippen LogP contribution in [0.25, 0.3) is 0 Å². The second kappa shape index (κ2) is 7.95. The molecule has 0 atom stereocenters. The molecule has 19 heavy (non-hydrogen) atoms. The van der Waals surface area contributed by atoms with Gasteiger partial charge in [0, 0.05) is 18.2 Å². The Balaban J connectivity index is 2.91. The van der Waals surface area contributed by atoms with E-state index in [4.69, 9.17) is 5.11 Å². The number of amides is 1. The van der Waals surface area contributed by atoms with E-state index in [1.165, 1.54) is 5.56 Å². The van der Waals surface area contributed by atoms with Crippen LogP contribution in [0.15, 0.2) is 24.3 Å². The second-order valence-electron chi connectivity index (χ2n) is 4.74. The van der Waals surface area contributed by atoms with Gasteiger partial charge in [-0.1, -0.05) is 32.9 Å². The summed E-state index contributed by atoms with van der Waals surface area (Å²) in [5, 5.41) is 9.16. The summed E-state index contributed by atoms with van der Waals surface area (Å²) < 4.78 is 0. The highest BCUT2D eigenvalue weighted by molar-refractivity contribution is 5.94. The summed E-state index contributed by atoms with van der Waals surface area (Å²) in [4.78, 5) is 14.3. The SMILES string of the molecule is CCc1ccc(C(=O)N(CCO)C(CC)CC)cc1. The zero-order chi connectivity index (χ0) is 14.3. The fourth-order valence-electron chi connectivity index (χ4n) is 2.34. The van der Waals surface area contributed by atoms with Crippen molar-refractivity contribution in [2.75, 3.05) is 13.2 Å². The van der Waals surface area contributed by atoms with Crippen LogP contribution in [0.3, 0.4) is 0 Å². The van der Waals surface area contributed by atoms with Crippen molar-refractivity contribution >= 4 is 5.91 Å². The Labute approximate surface area is 116 Å². The van der Waals surface area contributed by atoms with Gasteiger partial charge in [0.1, 0.15) is 0 Å². The van der Waals surface area contributed by atoms with E-state index in [1.54, 1.807) is 4.90 Å². The van der Waals surface area contributed by atoms with E-state index in [1.807, 2.05) is 24.3 Å². The standard InChI is InChI=1S/C16H25NO2/c1-4-13-7-9-14(10-8-13)16(19)17(11-12-18)15(5-2)6-3/h7-10,15,18H,4-6,11-12H2,1-3H3. The highest BCUT2D eigenvalue weighted by Crippen LogP contribution is 2.14. The van der Waals surface area contributed by atoms with Gasteiger partial charge in [-0.25, -0.2) is 0 Å². The lowest BCUT2D eigenvalue weighted by Gasteiger charge is -2.30. The first-order valence-corrected chi connectivity index (χ1v) is 7.18. The number of aliphatic hydroxyl groups is 1. The van der Waals surface area contributed by atoms with Crippen molar-refractivity contribution in [3.8, 4) is 0 Å². The predicted octanol–water partition coefficient (Wildman–Crippen LogP) is 2.87. The molecule has 1 aromatic carbocycles. The fraction of sp³-hybridized carbons (Fsp3) is 0.562. The van der Waals surface area contributed by atoms with Crippen LogP contribution in [0.4, 0.5) is 0 Å². The van der Waals surface area contributed by atoms with Crippen molar-refractivity contribution in [1.29, 1.82) is 0 Å². The highest BCUT2D eigenvalue weighted by Gasteiger charge is 2.21. The molecule has 0 heterocycles. The van der Waals surface area contributed by atoms with Gasteiger partial charge >= 0.3 is 0 Å². The van der Waals surface area contributed by atoms with Crippen molar-refractivity contribution in [1.82, 2.24) is 4.90 Å². The maximum atomic E-state index is 12.5. The summed E-state index contributed by atoms with van der Waals surface area (Å²) >= 11 is 0. The Morgan fingerprint density at radius 3 is 2.16 bits per heavy atom. The molecule has 1 aromatic rings. The molecule has 0 unspecified atom stereocenters. The van der Waals surface area contributed by atoms with E-state index >= 15 is 0 Å². The van der Waals surface area contributed by atoms with Crippen LogP contribution in [-0.2, 0) is 6.42 Å². The van der Waals surface area contributed by atoms with Crippen molar-refractivity contribution in [3.63, 3.8) is 0 Å². The number of hydrogen-bond donors (Lipinski definition) is 1. The number of hydrogen-bond acceptors (Lipinski definition) is 2. The van der Waals surface area contributed by atoms with E-state index in [2.05, 4.69) is 20.8 Å². The lowest BCUT2D eigenvalue weighted by molar-refractivity contribution is 0.0622. The average Bonchev–Trinajstić information content (AvgIpc) is 2.47. The first-order valence-electron chi connectivity index (χ1n) is 7.18. The third-order valence-corrected chi connectivity index (χ3v) is 3.59. The van der Waals surface area contributed by atoms with Crippen molar-refractivity contribution < 1.29 is 9.90 Å². The van der Waals surface area contributed by atoms with E-state index < -0.39 is 0 Å². The first kappa shape index (κ1) is 15.7. The monoisotopic (exact) mass is 263 g/mol. The molecule has 0 saturated heterocycles. The molecule has 1 N–H and O–H groups in total. The van der Waals surface area contributed by atoms with Crippen LogP contribution in [-0.4, -0.2) is 35.1 Å². The largest absolute Gasteiger partial charge is 0.395 e. The molecule has 0 radical (unpaired) electrons. The van der Waals surface area contributed by atoms with Crippen LogP contribution in [0.1, 0.15) is 49.5 Å². The van der Waals surface area contributed by atoms with Gasteiger partial charge in [-0.15, -0.1) is 0 Å². The molecule has 0 bridgehead atoms. The van der Waals surface area contributed by atoms with E-state index in [0.717, 1.165) is 19.3 Å². The number of nitrogens with zero attached hydrogens (tertiary/aromatic N) is 1. The quantitative estimate of drug-likeness (QED) is 0.821. The molecule has 0 aliphatic rings. The summed E-state index contributed by atoms with van der Waals surface area (Å²) in [6.45, 7) is 6.66. The minimum Gasteiger partial charge on any atom is -0.395 e. The predicted molar refractivity (Wildman–Crippen MR) is 78.3 cm³/mol. The average molecular weight is 263 g/mol. The lowest BCUT2D eigenvalue weighted by Crippen LogP contribution is -2.41. The number of carbonyl (C=O) groups is 1. The number of aryl methyl sites for hydroxylation is 1. The highest BCUT2D eigenvalue weighted by atomic mass is 16.3. The first-order chi connectivity index (χ1) is 9.17. The molecule has 3 nitrogen and oxygen atoms in total. The number of aliphatic hydroxyl groups excluding tert-OH is 1. The van der Waals surface area contributed by atoms with E-state index in [9.17, 15) is 4.79 Å². The minimum absolute atomic E-state index is 0.00921. The number of rotatable bonds is 7. The third kappa shape index (κ3) is 4.06. The lowest BCUT2D eigenvalue weighted by atomic mass is 10.1. The Morgan fingerprint density at radius 2 is 1.74 bits per heavy atom. The molecule has 0 aliphatic heterocycles. The molecule has 0 saturated carbocycles. The summed E-state index contributed by atoms with van der Waals surface area (Å²) in [5.41, 5.74) is 1.94. The van der Waals surface area contributed by atoms with Crippen LogP contribution in [0.2, 0.25) is 0 Å². The summed E-state index contributed by atoms with van der Waals surface area (Å²) in [6.07, 6.45) is 2.80. The molecule has 0 spiro atoms. The number of carbonyl (C=O) groups excluding carboxylic acids is 1. The molecule has 1 amide bonds. The van der Waals surface area contributed by atoms with Gasteiger partial charge in [0.2, 0.25) is 0 Å². The zero-order valence-corrected chi connectivity index (χ0v) is 12.2. The summed E-state index contributed by atoms with van der Waals surface area (Å²) in [5.74, 6) is 0.0189.